The Morgan fingerprint density at radius 1 is 0.964 bits per heavy atom. The maximum atomic E-state index is 13.8. The number of methoxy groups -OCH3 is 1. The topological polar surface area (TPSA) is 68.3 Å². The van der Waals surface area contributed by atoms with Crippen LogP contribution >= 0.6 is 0 Å². The van der Waals surface area contributed by atoms with Crippen molar-refractivity contribution in [3.63, 3.8) is 0 Å². The van der Waals surface area contributed by atoms with Crippen molar-refractivity contribution >= 4 is 17.5 Å². The number of aryl methyl sites for hydroxylation is 1. The maximum Gasteiger partial charge on any atom is 0.229 e. The van der Waals surface area contributed by atoms with Crippen LogP contribution in [0.2, 0.25) is 0 Å². The quantitative estimate of drug-likeness (QED) is 0.563. The smallest absolute Gasteiger partial charge is 0.229 e. The Kier molecular flexibility index (Phi) is 6.21. The first-order valence-corrected chi connectivity index (χ1v) is 8.62. The van der Waals surface area contributed by atoms with Gasteiger partial charge in [-0.1, -0.05) is 6.07 Å². The molecule has 146 valence electrons. The second-order valence-electron chi connectivity index (χ2n) is 5.89. The normalized spacial score (nSPS) is 10.4. The third-order valence-corrected chi connectivity index (χ3v) is 3.79. The minimum Gasteiger partial charge on any atom is -0.497 e. The van der Waals surface area contributed by atoms with Crippen LogP contribution in [0, 0.1) is 18.6 Å². The fourth-order valence-electron chi connectivity index (χ4n) is 2.46. The van der Waals surface area contributed by atoms with Crippen LogP contribution in [0.1, 0.15) is 5.69 Å². The minimum atomic E-state index is -0.715. The molecule has 0 unspecified atom stereocenters. The van der Waals surface area contributed by atoms with E-state index in [-0.39, 0.29) is 11.6 Å². The SMILES string of the molecule is COc1ccc(OCCNc2cc(C)nc(Nc3c(F)cccc3F)n2)cc1. The van der Waals surface area contributed by atoms with Gasteiger partial charge >= 0.3 is 0 Å². The second-order valence-corrected chi connectivity index (χ2v) is 5.89. The number of benzene rings is 2. The lowest BCUT2D eigenvalue weighted by atomic mass is 10.3. The molecule has 0 aliphatic carbocycles. The lowest BCUT2D eigenvalue weighted by Crippen LogP contribution is -2.13. The Labute approximate surface area is 161 Å². The maximum absolute atomic E-state index is 13.8. The van der Waals surface area contributed by atoms with Crippen molar-refractivity contribution in [2.45, 2.75) is 6.92 Å². The lowest BCUT2D eigenvalue weighted by molar-refractivity contribution is 0.331. The monoisotopic (exact) mass is 386 g/mol. The van der Waals surface area contributed by atoms with Gasteiger partial charge in [-0.2, -0.15) is 4.98 Å². The number of anilines is 3. The molecule has 0 aliphatic rings. The van der Waals surface area contributed by atoms with E-state index in [4.69, 9.17) is 9.47 Å². The summed E-state index contributed by atoms with van der Waals surface area (Å²) in [4.78, 5) is 8.40. The molecule has 0 bridgehead atoms. The van der Waals surface area contributed by atoms with Gasteiger partial charge in [0.2, 0.25) is 5.95 Å². The third-order valence-electron chi connectivity index (χ3n) is 3.79. The highest BCUT2D eigenvalue weighted by Crippen LogP contribution is 2.22. The van der Waals surface area contributed by atoms with Crippen molar-refractivity contribution in [2.24, 2.45) is 0 Å². The van der Waals surface area contributed by atoms with Crippen LogP contribution in [0.3, 0.4) is 0 Å². The van der Waals surface area contributed by atoms with Gasteiger partial charge in [0.05, 0.1) is 13.7 Å². The van der Waals surface area contributed by atoms with Crippen LogP contribution < -0.4 is 20.1 Å². The number of para-hydroxylation sites is 1. The molecular weight excluding hydrogens is 366 g/mol. The van der Waals surface area contributed by atoms with Crippen molar-refractivity contribution in [3.05, 3.63) is 65.9 Å². The number of halogens is 2. The molecule has 2 aromatic carbocycles. The zero-order chi connectivity index (χ0) is 19.9. The van der Waals surface area contributed by atoms with Gasteiger partial charge in [0, 0.05) is 11.8 Å². The summed E-state index contributed by atoms with van der Waals surface area (Å²) in [6, 6.07) is 12.6. The molecule has 8 heteroatoms. The van der Waals surface area contributed by atoms with E-state index in [9.17, 15) is 8.78 Å². The first-order chi connectivity index (χ1) is 13.5. The zero-order valence-corrected chi connectivity index (χ0v) is 15.5. The first kappa shape index (κ1) is 19.3. The second kappa shape index (κ2) is 8.98. The van der Waals surface area contributed by atoms with Gasteiger partial charge in [-0.05, 0) is 43.3 Å². The van der Waals surface area contributed by atoms with E-state index in [1.165, 1.54) is 6.07 Å². The van der Waals surface area contributed by atoms with Gasteiger partial charge in [0.1, 0.15) is 41.2 Å². The zero-order valence-electron chi connectivity index (χ0n) is 15.5. The fraction of sp³-hybridized carbons (Fsp3) is 0.200. The molecule has 0 amide bonds. The molecule has 0 fully saturated rings. The molecule has 28 heavy (non-hydrogen) atoms. The lowest BCUT2D eigenvalue weighted by Gasteiger charge is -2.11. The Morgan fingerprint density at radius 2 is 1.64 bits per heavy atom. The average Bonchev–Trinajstić information content (AvgIpc) is 2.68. The van der Waals surface area contributed by atoms with Crippen LogP contribution in [-0.2, 0) is 0 Å². The number of ether oxygens (including phenoxy) is 2. The van der Waals surface area contributed by atoms with Gasteiger partial charge < -0.3 is 20.1 Å². The van der Waals surface area contributed by atoms with E-state index < -0.39 is 11.6 Å². The number of nitrogens with one attached hydrogen (secondary N) is 2. The molecule has 0 saturated carbocycles. The largest absolute Gasteiger partial charge is 0.497 e. The van der Waals surface area contributed by atoms with Crippen molar-refractivity contribution in [3.8, 4) is 11.5 Å². The summed E-state index contributed by atoms with van der Waals surface area (Å²) in [5.74, 6) is 0.666. The number of hydrogen-bond donors (Lipinski definition) is 2. The molecule has 0 radical (unpaired) electrons. The molecule has 0 spiro atoms. The van der Waals surface area contributed by atoms with Gasteiger partial charge in [0.15, 0.2) is 0 Å². The highest BCUT2D eigenvalue weighted by Gasteiger charge is 2.11. The molecule has 0 aliphatic heterocycles. The summed E-state index contributed by atoms with van der Waals surface area (Å²) in [6.07, 6.45) is 0. The number of rotatable bonds is 8. The highest BCUT2D eigenvalue weighted by molar-refractivity contribution is 5.56. The van der Waals surface area contributed by atoms with Crippen molar-refractivity contribution in [1.82, 2.24) is 9.97 Å². The average molecular weight is 386 g/mol. The van der Waals surface area contributed by atoms with Gasteiger partial charge in [0.25, 0.3) is 0 Å². The van der Waals surface area contributed by atoms with Crippen LogP contribution in [0.25, 0.3) is 0 Å². The minimum absolute atomic E-state index is 0.0996. The van der Waals surface area contributed by atoms with Gasteiger partial charge in [-0.25, -0.2) is 13.8 Å². The van der Waals surface area contributed by atoms with E-state index in [0.717, 1.165) is 23.6 Å². The fourth-order valence-corrected chi connectivity index (χ4v) is 2.46. The van der Waals surface area contributed by atoms with Gasteiger partial charge in [-0.15, -0.1) is 0 Å². The van der Waals surface area contributed by atoms with Crippen LogP contribution in [0.15, 0.2) is 48.5 Å². The Morgan fingerprint density at radius 3 is 2.32 bits per heavy atom. The van der Waals surface area contributed by atoms with E-state index in [2.05, 4.69) is 20.6 Å². The predicted octanol–water partition coefficient (Wildman–Crippen LogP) is 4.31. The van der Waals surface area contributed by atoms with Crippen LogP contribution in [-0.4, -0.2) is 30.2 Å². The molecular formula is C20H20F2N4O2. The van der Waals surface area contributed by atoms with Crippen LogP contribution in [0.4, 0.5) is 26.2 Å². The predicted molar refractivity (Wildman–Crippen MR) is 103 cm³/mol. The summed E-state index contributed by atoms with van der Waals surface area (Å²) >= 11 is 0. The molecule has 3 aromatic rings. The van der Waals surface area contributed by atoms with Crippen molar-refractivity contribution < 1.29 is 18.3 Å². The van der Waals surface area contributed by atoms with E-state index >= 15 is 0 Å². The Balaban J connectivity index is 1.58. The molecule has 6 nitrogen and oxygen atoms in total. The van der Waals surface area contributed by atoms with E-state index in [0.29, 0.717) is 24.7 Å². The summed E-state index contributed by atoms with van der Waals surface area (Å²) in [6.45, 7) is 2.65. The van der Waals surface area contributed by atoms with Crippen LogP contribution in [0.5, 0.6) is 11.5 Å². The third kappa shape index (κ3) is 5.06. The number of hydrogen-bond acceptors (Lipinski definition) is 6. The van der Waals surface area contributed by atoms with E-state index in [1.807, 2.05) is 24.3 Å². The summed E-state index contributed by atoms with van der Waals surface area (Å²) in [5, 5.41) is 5.70. The summed E-state index contributed by atoms with van der Waals surface area (Å²) in [7, 11) is 1.60. The molecule has 0 atom stereocenters. The van der Waals surface area contributed by atoms with Crippen molar-refractivity contribution in [1.29, 1.82) is 0 Å². The Bertz CT molecular complexity index is 916. The summed E-state index contributed by atoms with van der Waals surface area (Å²) < 4.78 is 38.3. The van der Waals surface area contributed by atoms with Crippen molar-refractivity contribution in [2.75, 3.05) is 30.9 Å². The van der Waals surface area contributed by atoms with E-state index in [1.54, 1.807) is 20.1 Å². The molecule has 0 saturated heterocycles. The summed E-state index contributed by atoms with van der Waals surface area (Å²) in [5.41, 5.74) is 0.356. The number of nitrogens with zero attached hydrogens (tertiary/aromatic N) is 2. The standard InChI is InChI=1S/C20H20F2N4O2/c1-13-12-18(23-10-11-28-15-8-6-14(27-2)7-9-15)25-20(24-13)26-19-16(21)4-3-5-17(19)22/h3-9,12H,10-11H2,1-2H3,(H2,23,24,25,26). The highest BCUT2D eigenvalue weighted by atomic mass is 19.1. The molecule has 2 N–H and O–H groups in total. The molecule has 1 aromatic heterocycles. The molecule has 1 heterocycles. The molecule has 3 rings (SSSR count). The number of aromatic nitrogens is 2. The Hall–Kier alpha value is -3.42. The van der Waals surface area contributed by atoms with Gasteiger partial charge in [-0.3, -0.25) is 0 Å². The first-order valence-electron chi connectivity index (χ1n) is 8.62.